The molecule has 0 unspecified atom stereocenters. The van der Waals surface area contributed by atoms with Crippen molar-refractivity contribution in [2.75, 3.05) is 5.32 Å². The van der Waals surface area contributed by atoms with Crippen LogP contribution in [0.5, 0.6) is 0 Å². The Hall–Kier alpha value is -3.26. The Kier molecular flexibility index (Phi) is 3.87. The van der Waals surface area contributed by atoms with E-state index in [2.05, 4.69) is 15.4 Å². The lowest BCUT2D eigenvalue weighted by molar-refractivity contribution is -0.117. The summed E-state index contributed by atoms with van der Waals surface area (Å²) >= 11 is 1.37. The van der Waals surface area contributed by atoms with Gasteiger partial charge < -0.3 is 9.73 Å². The SMILES string of the molecule is O=C(Cn1nc(-c2ccccc2)oc1=O)Nc1nc2ccccc2s1. The van der Waals surface area contributed by atoms with E-state index in [9.17, 15) is 9.59 Å². The monoisotopic (exact) mass is 352 g/mol. The van der Waals surface area contributed by atoms with E-state index in [1.165, 1.54) is 11.3 Å². The maximum absolute atomic E-state index is 12.2. The number of thiazole rings is 1. The Labute approximate surface area is 145 Å². The molecule has 0 fully saturated rings. The van der Waals surface area contributed by atoms with Crippen molar-refractivity contribution in [1.29, 1.82) is 0 Å². The molecule has 1 N–H and O–H groups in total. The summed E-state index contributed by atoms with van der Waals surface area (Å²) < 4.78 is 7.07. The highest BCUT2D eigenvalue weighted by Gasteiger charge is 2.14. The molecule has 4 rings (SSSR count). The van der Waals surface area contributed by atoms with Crippen molar-refractivity contribution < 1.29 is 9.21 Å². The highest BCUT2D eigenvalue weighted by atomic mass is 32.1. The van der Waals surface area contributed by atoms with Crippen molar-refractivity contribution in [1.82, 2.24) is 14.8 Å². The summed E-state index contributed by atoms with van der Waals surface area (Å²) in [4.78, 5) is 28.4. The van der Waals surface area contributed by atoms with Crippen molar-refractivity contribution in [3.8, 4) is 11.5 Å². The lowest BCUT2D eigenvalue weighted by Crippen LogP contribution is -2.25. The van der Waals surface area contributed by atoms with Crippen molar-refractivity contribution in [2.24, 2.45) is 0 Å². The standard InChI is InChI=1S/C17H12N4O3S/c22-14(19-16-18-12-8-4-5-9-13(12)25-16)10-21-17(23)24-15(20-21)11-6-2-1-3-7-11/h1-9H,10H2,(H,18,19,22). The van der Waals surface area contributed by atoms with E-state index in [4.69, 9.17) is 4.42 Å². The van der Waals surface area contributed by atoms with Gasteiger partial charge in [-0.25, -0.2) is 9.78 Å². The van der Waals surface area contributed by atoms with E-state index in [1.807, 2.05) is 42.5 Å². The van der Waals surface area contributed by atoms with Crippen LogP contribution in [0, 0.1) is 0 Å². The normalized spacial score (nSPS) is 10.9. The number of nitrogens with one attached hydrogen (secondary N) is 1. The zero-order valence-electron chi connectivity index (χ0n) is 12.9. The molecule has 1 amide bonds. The fraction of sp³-hybridized carbons (Fsp3) is 0.0588. The maximum Gasteiger partial charge on any atom is 0.437 e. The molecule has 2 aromatic heterocycles. The molecule has 0 bridgehead atoms. The van der Waals surface area contributed by atoms with E-state index in [1.54, 1.807) is 12.1 Å². The summed E-state index contributed by atoms with van der Waals surface area (Å²) in [5.41, 5.74) is 1.48. The Morgan fingerprint density at radius 3 is 2.68 bits per heavy atom. The van der Waals surface area contributed by atoms with Gasteiger partial charge in [0.15, 0.2) is 5.13 Å². The summed E-state index contributed by atoms with van der Waals surface area (Å²) in [6.45, 7) is -0.245. The zero-order valence-corrected chi connectivity index (χ0v) is 13.7. The molecular formula is C17H12N4O3S. The molecular weight excluding hydrogens is 340 g/mol. The molecule has 124 valence electrons. The first-order valence-corrected chi connectivity index (χ1v) is 8.29. The molecule has 0 aliphatic carbocycles. The number of para-hydroxylation sites is 1. The van der Waals surface area contributed by atoms with Crippen molar-refractivity contribution >= 4 is 32.6 Å². The van der Waals surface area contributed by atoms with Crippen LogP contribution in [0.4, 0.5) is 5.13 Å². The zero-order chi connectivity index (χ0) is 17.2. The first-order chi connectivity index (χ1) is 12.2. The predicted octanol–water partition coefficient (Wildman–Crippen LogP) is 2.75. The maximum atomic E-state index is 12.2. The van der Waals surface area contributed by atoms with Gasteiger partial charge in [-0.2, -0.15) is 4.68 Å². The molecule has 0 spiro atoms. The van der Waals surface area contributed by atoms with E-state index in [0.29, 0.717) is 10.7 Å². The smallest absolute Gasteiger partial charge is 0.388 e. The lowest BCUT2D eigenvalue weighted by Gasteiger charge is -1.99. The molecule has 0 aliphatic heterocycles. The van der Waals surface area contributed by atoms with Crippen LogP contribution in [0.3, 0.4) is 0 Å². The second kappa shape index (κ2) is 6.33. The van der Waals surface area contributed by atoms with Crippen molar-refractivity contribution in [2.45, 2.75) is 6.54 Å². The molecule has 4 aromatic rings. The number of anilines is 1. The van der Waals surface area contributed by atoms with Crippen molar-refractivity contribution in [3.63, 3.8) is 0 Å². The van der Waals surface area contributed by atoms with Crippen LogP contribution in [0.2, 0.25) is 0 Å². The molecule has 8 heteroatoms. The summed E-state index contributed by atoms with van der Waals surface area (Å²) in [6, 6.07) is 16.6. The number of hydrogen-bond acceptors (Lipinski definition) is 6. The molecule has 0 saturated heterocycles. The van der Waals surface area contributed by atoms with Gasteiger partial charge in [-0.3, -0.25) is 4.79 Å². The third-order valence-electron chi connectivity index (χ3n) is 3.46. The summed E-state index contributed by atoms with van der Waals surface area (Å²) in [5.74, 6) is -0.897. The first-order valence-electron chi connectivity index (χ1n) is 7.48. The summed E-state index contributed by atoms with van der Waals surface area (Å²) in [6.07, 6.45) is 0. The molecule has 2 aromatic carbocycles. The topological polar surface area (TPSA) is 90.0 Å². The largest absolute Gasteiger partial charge is 0.437 e. The third-order valence-corrected chi connectivity index (χ3v) is 4.41. The van der Waals surface area contributed by atoms with Crippen LogP contribution >= 0.6 is 11.3 Å². The number of carbonyl (C=O) groups is 1. The average molecular weight is 352 g/mol. The Bertz CT molecular complexity index is 1060. The second-order valence-electron chi connectivity index (χ2n) is 5.23. The number of fused-ring (bicyclic) bond motifs is 1. The molecule has 0 radical (unpaired) electrons. The van der Waals surface area contributed by atoms with Gasteiger partial charge >= 0.3 is 5.76 Å². The molecule has 0 aliphatic rings. The third kappa shape index (κ3) is 3.20. The molecule has 25 heavy (non-hydrogen) atoms. The van der Waals surface area contributed by atoms with Crippen LogP contribution < -0.4 is 11.1 Å². The van der Waals surface area contributed by atoms with Gasteiger partial charge in [0.2, 0.25) is 11.8 Å². The minimum atomic E-state index is -0.682. The second-order valence-corrected chi connectivity index (χ2v) is 6.26. The van der Waals surface area contributed by atoms with Gasteiger partial charge in [0.05, 0.1) is 10.2 Å². The first kappa shape index (κ1) is 15.3. The van der Waals surface area contributed by atoms with Gasteiger partial charge in [-0.05, 0) is 24.3 Å². The number of hydrogen-bond donors (Lipinski definition) is 1. The lowest BCUT2D eigenvalue weighted by atomic mass is 10.2. The highest BCUT2D eigenvalue weighted by Crippen LogP contribution is 2.25. The van der Waals surface area contributed by atoms with Gasteiger partial charge in [0, 0.05) is 5.56 Å². The molecule has 2 heterocycles. The van der Waals surface area contributed by atoms with Gasteiger partial charge in [0.1, 0.15) is 6.54 Å². The Morgan fingerprint density at radius 1 is 1.12 bits per heavy atom. The fourth-order valence-corrected chi connectivity index (χ4v) is 3.21. The molecule has 0 atom stereocenters. The van der Waals surface area contributed by atoms with Crippen LogP contribution in [0.25, 0.3) is 21.7 Å². The van der Waals surface area contributed by atoms with E-state index >= 15 is 0 Å². The predicted molar refractivity (Wildman–Crippen MR) is 94.4 cm³/mol. The number of rotatable bonds is 4. The van der Waals surface area contributed by atoms with E-state index in [-0.39, 0.29) is 12.4 Å². The number of nitrogens with zero attached hydrogens (tertiary/aromatic N) is 3. The summed E-state index contributed by atoms with van der Waals surface area (Å²) in [7, 11) is 0. The van der Waals surface area contributed by atoms with Crippen LogP contribution in [-0.4, -0.2) is 20.7 Å². The minimum Gasteiger partial charge on any atom is -0.388 e. The minimum absolute atomic E-state index is 0.179. The van der Waals surface area contributed by atoms with Crippen LogP contribution in [-0.2, 0) is 11.3 Å². The number of amides is 1. The van der Waals surface area contributed by atoms with Crippen molar-refractivity contribution in [3.05, 3.63) is 65.1 Å². The number of carbonyl (C=O) groups excluding carboxylic acids is 1. The van der Waals surface area contributed by atoms with Gasteiger partial charge in [-0.15, -0.1) is 5.10 Å². The highest BCUT2D eigenvalue weighted by molar-refractivity contribution is 7.22. The molecule has 7 nitrogen and oxygen atoms in total. The average Bonchev–Trinajstić information content (AvgIpc) is 3.18. The van der Waals surface area contributed by atoms with Gasteiger partial charge in [0.25, 0.3) is 0 Å². The Morgan fingerprint density at radius 2 is 1.88 bits per heavy atom. The number of aromatic nitrogens is 3. The fourth-order valence-electron chi connectivity index (χ4n) is 2.32. The molecule has 0 saturated carbocycles. The van der Waals surface area contributed by atoms with E-state index < -0.39 is 11.7 Å². The quantitative estimate of drug-likeness (QED) is 0.610. The Balaban J connectivity index is 1.51. The van der Waals surface area contributed by atoms with E-state index in [0.717, 1.165) is 14.9 Å². The number of benzene rings is 2. The van der Waals surface area contributed by atoms with Crippen LogP contribution in [0.15, 0.2) is 63.8 Å². The van der Waals surface area contributed by atoms with Crippen LogP contribution in [0.1, 0.15) is 0 Å². The summed E-state index contributed by atoms with van der Waals surface area (Å²) in [5, 5.41) is 7.23. The van der Waals surface area contributed by atoms with Gasteiger partial charge in [-0.1, -0.05) is 41.7 Å².